The van der Waals surface area contributed by atoms with E-state index in [9.17, 15) is 9.59 Å². The van der Waals surface area contributed by atoms with Crippen LogP contribution in [0.2, 0.25) is 0 Å². The molecule has 0 saturated heterocycles. The summed E-state index contributed by atoms with van der Waals surface area (Å²) < 4.78 is 0. The number of rotatable bonds is 3. The van der Waals surface area contributed by atoms with Crippen molar-refractivity contribution in [1.82, 2.24) is 0 Å². The first-order valence-corrected chi connectivity index (χ1v) is 6.50. The van der Waals surface area contributed by atoms with Gasteiger partial charge in [0.2, 0.25) is 11.8 Å². The normalized spacial score (nSPS) is 20.9. The van der Waals surface area contributed by atoms with E-state index in [0.717, 1.165) is 19.3 Å². The summed E-state index contributed by atoms with van der Waals surface area (Å²) in [5.74, 6) is -0.282. The molecule has 110 valence electrons. The average Bonchev–Trinajstić information content (AvgIpc) is 2.75. The Kier molecular flexibility index (Phi) is 5.98. The van der Waals surface area contributed by atoms with Crippen molar-refractivity contribution in [2.24, 2.45) is 11.7 Å². The maximum absolute atomic E-state index is 12.1. The lowest BCUT2D eigenvalue weighted by Crippen LogP contribution is -2.34. The van der Waals surface area contributed by atoms with Crippen LogP contribution >= 0.6 is 12.4 Å². The summed E-state index contributed by atoms with van der Waals surface area (Å²) in [6.45, 7) is 1.45. The molecule has 2 rings (SSSR count). The second-order valence-electron chi connectivity index (χ2n) is 4.95. The molecule has 0 radical (unpaired) electrons. The molecule has 4 N–H and O–H groups in total. The highest BCUT2D eigenvalue weighted by Crippen LogP contribution is 2.25. The lowest BCUT2D eigenvalue weighted by atomic mass is 10.0. The number of hydrogen-bond donors (Lipinski definition) is 3. The minimum atomic E-state index is -0.138. The van der Waals surface area contributed by atoms with Crippen LogP contribution in [0.1, 0.15) is 26.2 Å². The molecule has 0 heterocycles. The van der Waals surface area contributed by atoms with E-state index >= 15 is 0 Å². The lowest BCUT2D eigenvalue weighted by molar-refractivity contribution is -0.120. The number of amides is 2. The van der Waals surface area contributed by atoms with Gasteiger partial charge >= 0.3 is 0 Å². The molecule has 1 aromatic carbocycles. The molecule has 2 unspecified atom stereocenters. The van der Waals surface area contributed by atoms with Crippen LogP contribution in [0.3, 0.4) is 0 Å². The molecule has 1 saturated carbocycles. The second-order valence-corrected chi connectivity index (χ2v) is 4.95. The number of hydrogen-bond acceptors (Lipinski definition) is 3. The second kappa shape index (κ2) is 7.26. The monoisotopic (exact) mass is 297 g/mol. The molecule has 1 aliphatic carbocycles. The first kappa shape index (κ1) is 16.5. The molecule has 6 heteroatoms. The number of nitrogens with two attached hydrogens (primary N) is 1. The maximum atomic E-state index is 12.1. The van der Waals surface area contributed by atoms with Gasteiger partial charge in [-0.1, -0.05) is 12.5 Å². The van der Waals surface area contributed by atoms with Crippen LogP contribution in [-0.4, -0.2) is 17.9 Å². The smallest absolute Gasteiger partial charge is 0.229 e. The van der Waals surface area contributed by atoms with Crippen LogP contribution < -0.4 is 16.4 Å². The Balaban J connectivity index is 0.00000200. The van der Waals surface area contributed by atoms with Crippen molar-refractivity contribution < 1.29 is 9.59 Å². The molecule has 20 heavy (non-hydrogen) atoms. The van der Waals surface area contributed by atoms with Gasteiger partial charge in [-0.3, -0.25) is 9.59 Å². The van der Waals surface area contributed by atoms with Gasteiger partial charge in [0.05, 0.1) is 5.92 Å². The third-order valence-corrected chi connectivity index (χ3v) is 3.36. The van der Waals surface area contributed by atoms with Gasteiger partial charge in [-0.2, -0.15) is 0 Å². The van der Waals surface area contributed by atoms with Crippen molar-refractivity contribution in [2.45, 2.75) is 32.2 Å². The highest BCUT2D eigenvalue weighted by atomic mass is 35.5. The minimum absolute atomic E-state index is 0. The van der Waals surface area contributed by atoms with E-state index in [2.05, 4.69) is 10.6 Å². The van der Waals surface area contributed by atoms with E-state index in [1.54, 1.807) is 24.3 Å². The zero-order valence-electron chi connectivity index (χ0n) is 11.4. The maximum Gasteiger partial charge on any atom is 0.229 e. The number of nitrogens with one attached hydrogen (secondary N) is 2. The number of carbonyl (C=O) groups excluding carboxylic acids is 2. The van der Waals surface area contributed by atoms with E-state index in [0.29, 0.717) is 11.4 Å². The Morgan fingerprint density at radius 3 is 2.40 bits per heavy atom. The Morgan fingerprint density at radius 1 is 1.20 bits per heavy atom. The quantitative estimate of drug-likeness (QED) is 0.799. The summed E-state index contributed by atoms with van der Waals surface area (Å²) in [6, 6.07) is 7.05. The van der Waals surface area contributed by atoms with E-state index < -0.39 is 0 Å². The van der Waals surface area contributed by atoms with Crippen molar-refractivity contribution in [3.8, 4) is 0 Å². The topological polar surface area (TPSA) is 84.2 Å². The van der Waals surface area contributed by atoms with Crippen LogP contribution in [0.25, 0.3) is 0 Å². The lowest BCUT2D eigenvalue weighted by Gasteiger charge is -2.15. The number of anilines is 2. The molecule has 0 aromatic heterocycles. The Bertz CT molecular complexity index is 493. The third kappa shape index (κ3) is 4.21. The molecule has 1 fully saturated rings. The van der Waals surface area contributed by atoms with E-state index in [1.165, 1.54) is 6.92 Å². The van der Waals surface area contributed by atoms with Crippen molar-refractivity contribution in [3.63, 3.8) is 0 Å². The molecule has 1 aliphatic rings. The fraction of sp³-hybridized carbons (Fsp3) is 0.429. The Labute approximate surface area is 124 Å². The molecule has 1 aromatic rings. The van der Waals surface area contributed by atoms with Crippen molar-refractivity contribution in [1.29, 1.82) is 0 Å². The molecule has 0 bridgehead atoms. The standard InChI is InChI=1S/C14H19N3O2.ClH/c1-9(18)16-10-4-2-5-11(8-10)17-14(19)12-6-3-7-13(12)15;/h2,4-5,8,12-13H,3,6-7,15H2,1H3,(H,16,18)(H,17,19);1H. The largest absolute Gasteiger partial charge is 0.327 e. The molecule has 2 amide bonds. The van der Waals surface area contributed by atoms with Crippen molar-refractivity contribution in [3.05, 3.63) is 24.3 Å². The fourth-order valence-corrected chi connectivity index (χ4v) is 2.43. The van der Waals surface area contributed by atoms with E-state index in [4.69, 9.17) is 5.73 Å². The van der Waals surface area contributed by atoms with Gasteiger partial charge < -0.3 is 16.4 Å². The zero-order chi connectivity index (χ0) is 13.8. The summed E-state index contributed by atoms with van der Waals surface area (Å²) in [5.41, 5.74) is 7.26. The molecule has 5 nitrogen and oxygen atoms in total. The first-order valence-electron chi connectivity index (χ1n) is 6.50. The number of carbonyl (C=O) groups is 2. The average molecular weight is 298 g/mol. The Hall–Kier alpha value is -1.59. The summed E-state index contributed by atoms with van der Waals surface area (Å²) in [6.07, 6.45) is 2.76. The molecule has 0 aliphatic heterocycles. The minimum Gasteiger partial charge on any atom is -0.327 e. The van der Waals surface area contributed by atoms with E-state index in [1.807, 2.05) is 0 Å². The van der Waals surface area contributed by atoms with Gasteiger partial charge in [0.25, 0.3) is 0 Å². The van der Waals surface area contributed by atoms with Gasteiger partial charge in [0.1, 0.15) is 0 Å². The molecule has 0 spiro atoms. The molecule has 2 atom stereocenters. The predicted molar refractivity (Wildman–Crippen MR) is 81.9 cm³/mol. The van der Waals surface area contributed by atoms with Crippen molar-refractivity contribution in [2.75, 3.05) is 10.6 Å². The summed E-state index contributed by atoms with van der Waals surface area (Å²) in [4.78, 5) is 23.1. The van der Waals surface area contributed by atoms with Crippen LogP contribution in [0.4, 0.5) is 11.4 Å². The van der Waals surface area contributed by atoms with Crippen LogP contribution in [0.5, 0.6) is 0 Å². The van der Waals surface area contributed by atoms with Crippen LogP contribution in [-0.2, 0) is 9.59 Å². The zero-order valence-corrected chi connectivity index (χ0v) is 12.2. The van der Waals surface area contributed by atoms with E-state index in [-0.39, 0.29) is 36.2 Å². The highest BCUT2D eigenvalue weighted by molar-refractivity contribution is 5.95. The third-order valence-electron chi connectivity index (χ3n) is 3.36. The fourth-order valence-electron chi connectivity index (χ4n) is 2.43. The number of benzene rings is 1. The van der Waals surface area contributed by atoms with Gasteiger partial charge in [-0.25, -0.2) is 0 Å². The van der Waals surface area contributed by atoms with Crippen LogP contribution in [0, 0.1) is 5.92 Å². The first-order chi connectivity index (χ1) is 9.06. The predicted octanol–water partition coefficient (Wildman–Crippen LogP) is 2.13. The Morgan fingerprint density at radius 2 is 1.85 bits per heavy atom. The van der Waals surface area contributed by atoms with Gasteiger partial charge in [0, 0.05) is 24.3 Å². The van der Waals surface area contributed by atoms with Gasteiger partial charge in [0.15, 0.2) is 0 Å². The highest BCUT2D eigenvalue weighted by Gasteiger charge is 2.30. The molecular weight excluding hydrogens is 278 g/mol. The summed E-state index contributed by atoms with van der Waals surface area (Å²) in [7, 11) is 0. The SMILES string of the molecule is CC(=O)Nc1cccc(NC(=O)C2CCCC2N)c1.Cl. The van der Waals surface area contributed by atoms with Crippen molar-refractivity contribution >= 4 is 35.6 Å². The van der Waals surface area contributed by atoms with Gasteiger partial charge in [-0.05, 0) is 31.0 Å². The molecular formula is C14H20ClN3O2. The van der Waals surface area contributed by atoms with Gasteiger partial charge in [-0.15, -0.1) is 12.4 Å². The van der Waals surface area contributed by atoms with Crippen LogP contribution in [0.15, 0.2) is 24.3 Å². The number of halogens is 1. The summed E-state index contributed by atoms with van der Waals surface area (Å²) in [5, 5.41) is 5.54. The summed E-state index contributed by atoms with van der Waals surface area (Å²) >= 11 is 0.